The van der Waals surface area contributed by atoms with Gasteiger partial charge in [-0.2, -0.15) is 0 Å². The van der Waals surface area contributed by atoms with Gasteiger partial charge in [0.1, 0.15) is 11.6 Å². The lowest BCUT2D eigenvalue weighted by atomic mass is 9.91. The third-order valence-electron chi connectivity index (χ3n) is 3.02. The number of nitrogens with zero attached hydrogens (tertiary/aromatic N) is 2. The number of benzene rings is 1. The van der Waals surface area contributed by atoms with E-state index in [4.69, 9.17) is 0 Å². The van der Waals surface area contributed by atoms with E-state index in [1.165, 1.54) is 12.1 Å². The van der Waals surface area contributed by atoms with Crippen LogP contribution in [0.4, 0.5) is 10.2 Å². The molecule has 2 aromatic rings. The van der Waals surface area contributed by atoms with E-state index in [0.29, 0.717) is 11.4 Å². The van der Waals surface area contributed by atoms with Gasteiger partial charge < -0.3 is 5.32 Å². The lowest BCUT2D eigenvalue weighted by Gasteiger charge is -2.20. The molecule has 1 heterocycles. The molecular formula is C16H19BrFN3. The van der Waals surface area contributed by atoms with Crippen LogP contribution in [0.25, 0.3) is 11.4 Å². The molecule has 1 aromatic carbocycles. The van der Waals surface area contributed by atoms with Crippen molar-refractivity contribution in [3.63, 3.8) is 0 Å². The molecule has 0 bridgehead atoms. The van der Waals surface area contributed by atoms with E-state index in [0.717, 1.165) is 22.5 Å². The Bertz CT molecular complexity index is 650. The highest BCUT2D eigenvalue weighted by molar-refractivity contribution is 9.10. The third-order valence-corrected chi connectivity index (χ3v) is 3.71. The Morgan fingerprint density at radius 1 is 1.19 bits per heavy atom. The van der Waals surface area contributed by atoms with Crippen LogP contribution in [-0.4, -0.2) is 16.5 Å². The van der Waals surface area contributed by atoms with E-state index < -0.39 is 0 Å². The Labute approximate surface area is 133 Å². The molecule has 0 spiro atoms. The van der Waals surface area contributed by atoms with Gasteiger partial charge >= 0.3 is 0 Å². The van der Waals surface area contributed by atoms with Crippen molar-refractivity contribution in [2.75, 3.05) is 11.9 Å². The summed E-state index contributed by atoms with van der Waals surface area (Å²) in [5, 5.41) is 3.20. The molecule has 0 unspecified atom stereocenters. The first-order chi connectivity index (χ1) is 9.81. The van der Waals surface area contributed by atoms with Gasteiger partial charge in [0.15, 0.2) is 5.82 Å². The van der Waals surface area contributed by atoms with Crippen LogP contribution in [0, 0.1) is 5.82 Å². The van der Waals surface area contributed by atoms with Crippen LogP contribution in [0.15, 0.2) is 28.7 Å². The molecule has 0 fully saturated rings. The number of hydrogen-bond acceptors (Lipinski definition) is 3. The van der Waals surface area contributed by atoms with Crippen molar-refractivity contribution in [2.45, 2.75) is 33.1 Å². The van der Waals surface area contributed by atoms with Crippen molar-refractivity contribution < 1.29 is 4.39 Å². The van der Waals surface area contributed by atoms with Crippen molar-refractivity contribution in [3.8, 4) is 11.4 Å². The fourth-order valence-electron chi connectivity index (χ4n) is 1.89. The maximum Gasteiger partial charge on any atom is 0.163 e. The van der Waals surface area contributed by atoms with Crippen molar-refractivity contribution in [1.82, 2.24) is 9.97 Å². The predicted molar refractivity (Wildman–Crippen MR) is 88.0 cm³/mol. The fourth-order valence-corrected chi connectivity index (χ4v) is 2.32. The Morgan fingerprint density at radius 3 is 2.52 bits per heavy atom. The molecule has 0 aliphatic carbocycles. The van der Waals surface area contributed by atoms with Gasteiger partial charge in [0.2, 0.25) is 0 Å². The van der Waals surface area contributed by atoms with Crippen molar-refractivity contribution in [1.29, 1.82) is 0 Å². The molecule has 0 saturated carbocycles. The van der Waals surface area contributed by atoms with Gasteiger partial charge in [0.05, 0.1) is 5.69 Å². The number of anilines is 1. The van der Waals surface area contributed by atoms with Crippen LogP contribution in [0.1, 0.15) is 33.4 Å². The van der Waals surface area contributed by atoms with E-state index in [-0.39, 0.29) is 11.2 Å². The van der Waals surface area contributed by atoms with Crippen LogP contribution in [0.5, 0.6) is 0 Å². The number of nitrogens with one attached hydrogen (secondary N) is 1. The molecule has 1 aromatic heterocycles. The normalized spacial score (nSPS) is 11.5. The van der Waals surface area contributed by atoms with Crippen LogP contribution >= 0.6 is 15.9 Å². The number of hydrogen-bond donors (Lipinski definition) is 1. The lowest BCUT2D eigenvalue weighted by Crippen LogP contribution is -2.16. The SMILES string of the molecule is CCNc1cc(C(C)(C)C)nc(-c2cc(F)ccc2Br)n1. The molecule has 5 heteroatoms. The summed E-state index contributed by atoms with van der Waals surface area (Å²) < 4.78 is 14.3. The smallest absolute Gasteiger partial charge is 0.163 e. The molecule has 0 amide bonds. The average Bonchev–Trinajstić information content (AvgIpc) is 2.40. The van der Waals surface area contributed by atoms with E-state index in [9.17, 15) is 4.39 Å². The van der Waals surface area contributed by atoms with Crippen LogP contribution in [0.3, 0.4) is 0 Å². The van der Waals surface area contributed by atoms with E-state index >= 15 is 0 Å². The topological polar surface area (TPSA) is 37.8 Å². The number of aromatic nitrogens is 2. The molecule has 0 aliphatic heterocycles. The quantitative estimate of drug-likeness (QED) is 0.864. The largest absolute Gasteiger partial charge is 0.370 e. The third kappa shape index (κ3) is 3.79. The molecule has 0 radical (unpaired) electrons. The second-order valence-corrected chi connectivity index (χ2v) is 6.72. The first-order valence-electron chi connectivity index (χ1n) is 6.90. The maximum atomic E-state index is 13.5. The second kappa shape index (κ2) is 6.10. The van der Waals surface area contributed by atoms with E-state index in [1.54, 1.807) is 6.07 Å². The summed E-state index contributed by atoms with van der Waals surface area (Å²) in [6.45, 7) is 9.06. The minimum atomic E-state index is -0.303. The summed E-state index contributed by atoms with van der Waals surface area (Å²) in [7, 11) is 0. The molecule has 21 heavy (non-hydrogen) atoms. The Hall–Kier alpha value is -1.49. The standard InChI is InChI=1S/C16H19BrFN3/c1-5-19-14-9-13(16(2,3)4)20-15(21-14)11-8-10(18)6-7-12(11)17/h6-9H,5H2,1-4H3,(H,19,20,21). The zero-order chi connectivity index (χ0) is 15.6. The Balaban J connectivity index is 2.62. The molecule has 0 saturated heterocycles. The van der Waals surface area contributed by atoms with E-state index in [2.05, 4.69) is 52.0 Å². The molecule has 1 N–H and O–H groups in total. The highest BCUT2D eigenvalue weighted by Crippen LogP contribution is 2.30. The molecule has 0 atom stereocenters. The first kappa shape index (κ1) is 15.9. The van der Waals surface area contributed by atoms with Crippen LogP contribution < -0.4 is 5.32 Å². The van der Waals surface area contributed by atoms with Crippen LogP contribution in [-0.2, 0) is 5.41 Å². The molecule has 2 rings (SSSR count). The van der Waals surface area contributed by atoms with E-state index in [1.807, 2.05) is 13.0 Å². The molecule has 3 nitrogen and oxygen atoms in total. The van der Waals surface area contributed by atoms with Crippen molar-refractivity contribution in [2.24, 2.45) is 0 Å². The van der Waals surface area contributed by atoms with Crippen LogP contribution in [0.2, 0.25) is 0 Å². The lowest BCUT2D eigenvalue weighted by molar-refractivity contribution is 0.568. The number of halogens is 2. The monoisotopic (exact) mass is 351 g/mol. The zero-order valence-electron chi connectivity index (χ0n) is 12.7. The molecule has 0 aliphatic rings. The van der Waals surface area contributed by atoms with Gasteiger partial charge in [-0.1, -0.05) is 36.7 Å². The Kier molecular flexibility index (Phi) is 4.61. The zero-order valence-corrected chi connectivity index (χ0v) is 14.3. The second-order valence-electron chi connectivity index (χ2n) is 5.87. The highest BCUT2D eigenvalue weighted by Gasteiger charge is 2.19. The summed E-state index contributed by atoms with van der Waals surface area (Å²) >= 11 is 3.44. The van der Waals surface area contributed by atoms with Gasteiger partial charge in [-0.25, -0.2) is 14.4 Å². The fraction of sp³-hybridized carbons (Fsp3) is 0.375. The van der Waals surface area contributed by atoms with Gasteiger partial charge in [-0.3, -0.25) is 0 Å². The summed E-state index contributed by atoms with van der Waals surface area (Å²) in [4.78, 5) is 9.10. The summed E-state index contributed by atoms with van der Waals surface area (Å²) in [5.41, 5.74) is 1.46. The predicted octanol–water partition coefficient (Wildman–Crippen LogP) is 4.77. The van der Waals surface area contributed by atoms with Gasteiger partial charge in [-0.15, -0.1) is 0 Å². The summed E-state index contributed by atoms with van der Waals surface area (Å²) in [6.07, 6.45) is 0. The van der Waals surface area contributed by atoms with Gasteiger partial charge in [0.25, 0.3) is 0 Å². The minimum Gasteiger partial charge on any atom is -0.370 e. The minimum absolute atomic E-state index is 0.109. The highest BCUT2D eigenvalue weighted by atomic mass is 79.9. The molecule has 112 valence electrons. The maximum absolute atomic E-state index is 13.5. The number of rotatable bonds is 3. The van der Waals surface area contributed by atoms with Crippen molar-refractivity contribution in [3.05, 3.63) is 40.2 Å². The first-order valence-corrected chi connectivity index (χ1v) is 7.69. The average molecular weight is 352 g/mol. The summed E-state index contributed by atoms with van der Waals surface area (Å²) in [5.74, 6) is 0.969. The molecular weight excluding hydrogens is 333 g/mol. The summed E-state index contributed by atoms with van der Waals surface area (Å²) in [6, 6.07) is 6.47. The van der Waals surface area contributed by atoms with Crippen molar-refractivity contribution >= 4 is 21.7 Å². The van der Waals surface area contributed by atoms with Gasteiger partial charge in [0, 0.05) is 28.1 Å². The Morgan fingerprint density at radius 2 is 1.90 bits per heavy atom. The van der Waals surface area contributed by atoms with Gasteiger partial charge in [-0.05, 0) is 25.1 Å².